The number of rotatable bonds is 10. The minimum absolute atomic E-state index is 0.0118. The molecule has 1 heterocycles. The highest BCUT2D eigenvalue weighted by molar-refractivity contribution is 6.74. The van der Waals surface area contributed by atoms with Crippen LogP contribution in [0.4, 0.5) is 14.4 Å². The second-order valence-corrected chi connectivity index (χ2v) is 23.6. The average Bonchev–Trinajstić information content (AvgIpc) is 3.38. The number of ether oxygens (including phenoxy) is 5. The Labute approximate surface area is 323 Å². The van der Waals surface area contributed by atoms with Gasteiger partial charge < -0.3 is 33.4 Å². The van der Waals surface area contributed by atoms with E-state index >= 15 is 0 Å². The minimum atomic E-state index is -2.37. The molecule has 3 amide bonds. The molecular weight excluding hydrogens is 713 g/mol. The summed E-state index contributed by atoms with van der Waals surface area (Å²) in [6, 6.07) is 6.50. The number of carbonyl (C=O) groups excluding carboxylic acids is 4. The van der Waals surface area contributed by atoms with E-state index in [2.05, 4.69) is 39.2 Å². The average molecular weight is 779 g/mol. The fourth-order valence-corrected chi connectivity index (χ4v) is 5.78. The molecule has 14 nitrogen and oxygen atoms in total. The van der Waals surface area contributed by atoms with Gasteiger partial charge in [0.25, 0.3) is 0 Å². The van der Waals surface area contributed by atoms with Crippen LogP contribution in [0.25, 0.3) is 0 Å². The molecular formula is C39H66N4O10Si. The van der Waals surface area contributed by atoms with Crippen LogP contribution in [0.3, 0.4) is 0 Å². The second kappa shape index (κ2) is 17.3. The summed E-state index contributed by atoms with van der Waals surface area (Å²) in [4.78, 5) is 60.2. The van der Waals surface area contributed by atoms with Crippen LogP contribution in [0.15, 0.2) is 29.3 Å². The van der Waals surface area contributed by atoms with Gasteiger partial charge in [-0.2, -0.15) is 0 Å². The quantitative estimate of drug-likeness (QED) is 0.140. The van der Waals surface area contributed by atoms with Gasteiger partial charge in [0, 0.05) is 13.1 Å². The Balaban J connectivity index is 2.42. The molecule has 2 rings (SSSR count). The molecule has 0 saturated heterocycles. The molecule has 306 valence electrons. The first-order chi connectivity index (χ1) is 24.3. The Bertz CT molecular complexity index is 1490. The number of hydrogen-bond donors (Lipinski definition) is 1. The highest BCUT2D eigenvalue weighted by atomic mass is 28.4. The lowest BCUT2D eigenvalue weighted by molar-refractivity contribution is -0.165. The van der Waals surface area contributed by atoms with Gasteiger partial charge in [-0.05, 0) is 119 Å². The smallest absolute Gasteiger partial charge is 0.417 e. The minimum Gasteiger partial charge on any atom is -0.490 e. The lowest BCUT2D eigenvalue weighted by Crippen LogP contribution is -2.52. The van der Waals surface area contributed by atoms with E-state index in [1.165, 1.54) is 9.80 Å². The molecule has 0 saturated carbocycles. The van der Waals surface area contributed by atoms with E-state index in [1.54, 1.807) is 86.6 Å². The van der Waals surface area contributed by atoms with Gasteiger partial charge in [-0.3, -0.25) is 0 Å². The number of benzene rings is 1. The van der Waals surface area contributed by atoms with E-state index in [-0.39, 0.29) is 37.2 Å². The maximum Gasteiger partial charge on any atom is 0.417 e. The Morgan fingerprint density at radius 2 is 1.31 bits per heavy atom. The first kappa shape index (κ1) is 46.3. The van der Waals surface area contributed by atoms with Crippen molar-refractivity contribution < 1.29 is 47.3 Å². The van der Waals surface area contributed by atoms with Crippen molar-refractivity contribution in [3.63, 3.8) is 0 Å². The number of esters is 1. The summed E-state index contributed by atoms with van der Waals surface area (Å²) in [6.45, 7) is 31.4. The van der Waals surface area contributed by atoms with Crippen LogP contribution in [-0.4, -0.2) is 103 Å². The van der Waals surface area contributed by atoms with Crippen molar-refractivity contribution in [1.82, 2.24) is 15.1 Å². The van der Waals surface area contributed by atoms with E-state index in [0.717, 1.165) is 5.56 Å². The number of alkyl carbamates (subject to hydrolysis) is 1. The molecule has 1 unspecified atom stereocenters. The fourth-order valence-electron chi connectivity index (χ4n) is 4.56. The van der Waals surface area contributed by atoms with Crippen molar-refractivity contribution in [2.24, 2.45) is 4.99 Å². The summed E-state index contributed by atoms with van der Waals surface area (Å²) in [6.07, 6.45) is -3.05. The third-order valence-electron chi connectivity index (χ3n) is 7.92. The van der Waals surface area contributed by atoms with Crippen molar-refractivity contribution in [1.29, 1.82) is 0 Å². The second-order valence-electron chi connectivity index (χ2n) is 18.9. The molecule has 2 atom stereocenters. The maximum absolute atomic E-state index is 13.6. The van der Waals surface area contributed by atoms with Crippen molar-refractivity contribution in [3.05, 3.63) is 29.8 Å². The third kappa shape index (κ3) is 15.5. The number of nitrogens with one attached hydrogen (secondary N) is 1. The molecule has 1 N–H and O–H groups in total. The summed E-state index contributed by atoms with van der Waals surface area (Å²) in [7, 11) is -2.37. The van der Waals surface area contributed by atoms with Crippen LogP contribution in [0.2, 0.25) is 18.1 Å². The predicted octanol–water partition coefficient (Wildman–Crippen LogP) is 8.21. The van der Waals surface area contributed by atoms with Crippen molar-refractivity contribution in [3.8, 4) is 5.75 Å². The molecule has 1 aromatic carbocycles. The highest BCUT2D eigenvalue weighted by Crippen LogP contribution is 2.38. The molecule has 0 aromatic heterocycles. The Hall–Kier alpha value is -3.85. The maximum atomic E-state index is 13.6. The van der Waals surface area contributed by atoms with Gasteiger partial charge in [-0.25, -0.2) is 34.0 Å². The van der Waals surface area contributed by atoms with Crippen LogP contribution in [-0.2, 0) is 28.2 Å². The SMILES string of the molecule is CC(C)(C)OC(=O)NCCN(C(=O)OC(C)(C)C)C1=N[C@@H](c2ccc(OCC(O[Si](C)(C)C(C)(C)C)C(=O)OC(C)(C)C)cc2)CN1C(=O)OC(C)(C)C. The molecule has 15 heteroatoms. The first-order valence-corrected chi connectivity index (χ1v) is 21.4. The largest absolute Gasteiger partial charge is 0.490 e. The number of nitrogens with zero attached hydrogens (tertiary/aromatic N) is 3. The molecule has 0 spiro atoms. The zero-order valence-electron chi connectivity index (χ0n) is 35.7. The van der Waals surface area contributed by atoms with Gasteiger partial charge in [0.15, 0.2) is 14.4 Å². The molecule has 0 aliphatic carbocycles. The lowest BCUT2D eigenvalue weighted by Gasteiger charge is -2.39. The van der Waals surface area contributed by atoms with E-state index in [4.69, 9.17) is 33.1 Å². The van der Waals surface area contributed by atoms with E-state index < -0.39 is 67.1 Å². The van der Waals surface area contributed by atoms with Gasteiger partial charge in [0.2, 0.25) is 5.96 Å². The fraction of sp³-hybridized carbons (Fsp3) is 0.718. The van der Waals surface area contributed by atoms with E-state index in [0.29, 0.717) is 5.75 Å². The molecule has 1 aliphatic rings. The topological polar surface area (TPSA) is 155 Å². The number of guanidine groups is 1. The zero-order valence-corrected chi connectivity index (χ0v) is 36.7. The molecule has 1 aliphatic heterocycles. The van der Waals surface area contributed by atoms with Gasteiger partial charge >= 0.3 is 24.2 Å². The monoisotopic (exact) mass is 778 g/mol. The van der Waals surface area contributed by atoms with Gasteiger partial charge in [-0.1, -0.05) is 32.9 Å². The normalized spacial score (nSPS) is 16.2. The van der Waals surface area contributed by atoms with Crippen LogP contribution in [0.5, 0.6) is 5.75 Å². The van der Waals surface area contributed by atoms with Crippen LogP contribution < -0.4 is 10.1 Å². The summed E-state index contributed by atoms with van der Waals surface area (Å²) in [5.41, 5.74) is -2.39. The first-order valence-electron chi connectivity index (χ1n) is 18.5. The molecule has 0 bridgehead atoms. The third-order valence-corrected chi connectivity index (χ3v) is 12.4. The number of hydrogen-bond acceptors (Lipinski definition) is 11. The Kier molecular flexibility index (Phi) is 14.8. The van der Waals surface area contributed by atoms with Crippen molar-refractivity contribution in [2.45, 2.75) is 157 Å². The molecule has 1 aromatic rings. The van der Waals surface area contributed by atoms with Gasteiger partial charge in [0.05, 0.1) is 12.6 Å². The van der Waals surface area contributed by atoms with Crippen molar-refractivity contribution in [2.75, 3.05) is 26.2 Å². The molecule has 0 fully saturated rings. The van der Waals surface area contributed by atoms with Crippen LogP contribution >= 0.6 is 0 Å². The van der Waals surface area contributed by atoms with Crippen LogP contribution in [0, 0.1) is 0 Å². The van der Waals surface area contributed by atoms with Gasteiger partial charge in [-0.15, -0.1) is 0 Å². The van der Waals surface area contributed by atoms with Crippen molar-refractivity contribution >= 4 is 38.5 Å². The zero-order chi connectivity index (χ0) is 41.7. The summed E-state index contributed by atoms with van der Waals surface area (Å²) >= 11 is 0. The van der Waals surface area contributed by atoms with E-state index in [1.807, 2.05) is 20.8 Å². The summed E-state index contributed by atoms with van der Waals surface area (Å²) in [5, 5.41) is 2.51. The lowest BCUT2D eigenvalue weighted by atomic mass is 10.1. The summed E-state index contributed by atoms with van der Waals surface area (Å²) in [5.74, 6) is 0.00794. The predicted molar refractivity (Wildman–Crippen MR) is 210 cm³/mol. The standard InChI is InChI=1S/C39H66N4O10Si/c1-35(2,3)49-30(44)29(53-54(16,17)39(13,14)15)25-48-27-20-18-26(19-21-27)28-24-43(34(47)52-38(10,11)12)31(41-28)42(33(46)51-37(7,8)9)23-22-40-32(45)50-36(4,5)6/h18-21,28-29H,22-25H2,1-17H3,(H,40,45)/t28-,29?/m1/s1. The Morgan fingerprint density at radius 3 is 1.80 bits per heavy atom. The number of aliphatic imine (C=N–C) groups is 1. The Morgan fingerprint density at radius 1 is 0.796 bits per heavy atom. The molecule has 0 radical (unpaired) electrons. The molecule has 54 heavy (non-hydrogen) atoms. The number of carbonyl (C=O) groups is 4. The number of amides is 3. The van der Waals surface area contributed by atoms with E-state index in [9.17, 15) is 19.2 Å². The summed E-state index contributed by atoms with van der Waals surface area (Å²) < 4.78 is 35.0. The van der Waals surface area contributed by atoms with Gasteiger partial charge in [0.1, 0.15) is 34.8 Å². The highest BCUT2D eigenvalue weighted by Gasteiger charge is 2.43. The van der Waals surface area contributed by atoms with Crippen LogP contribution in [0.1, 0.15) is 115 Å².